The van der Waals surface area contributed by atoms with E-state index in [1.54, 1.807) is 6.07 Å². The molecule has 1 heterocycles. The monoisotopic (exact) mass is 383 g/mol. The van der Waals surface area contributed by atoms with Gasteiger partial charge in [0.15, 0.2) is 9.84 Å². The molecule has 2 unspecified atom stereocenters. The van der Waals surface area contributed by atoms with Crippen molar-refractivity contribution < 1.29 is 31.4 Å². The second kappa shape index (κ2) is 6.30. The van der Waals surface area contributed by atoms with Gasteiger partial charge in [-0.1, -0.05) is 0 Å². The molecule has 0 aliphatic carbocycles. The minimum absolute atomic E-state index is 0.0732. The van der Waals surface area contributed by atoms with Gasteiger partial charge in [0.1, 0.15) is 17.3 Å². The molecule has 2 aromatic carbocycles. The van der Waals surface area contributed by atoms with Gasteiger partial charge in [-0.3, -0.25) is 0 Å². The van der Waals surface area contributed by atoms with Crippen molar-refractivity contribution in [1.82, 2.24) is 0 Å². The standard InChI is InChI=1S/C17H12F3NO4S/c1-8-16(22)15-13(26(8,23)24)3-2-12(14(15)17(19)20)25-11-5-9(7-21)4-10(18)6-11/h2-6,8,16-17,22H,1H3. The number of halogens is 3. The van der Waals surface area contributed by atoms with Gasteiger partial charge >= 0.3 is 0 Å². The Morgan fingerprint density at radius 3 is 2.58 bits per heavy atom. The number of hydrogen-bond acceptors (Lipinski definition) is 5. The number of fused-ring (bicyclic) bond motifs is 1. The summed E-state index contributed by atoms with van der Waals surface area (Å²) in [6.07, 6.45) is -4.77. The van der Waals surface area contributed by atoms with Crippen molar-refractivity contribution in [3.8, 4) is 17.6 Å². The first-order chi connectivity index (χ1) is 12.2. The molecule has 136 valence electrons. The molecule has 0 spiro atoms. The van der Waals surface area contributed by atoms with Gasteiger partial charge in [0.25, 0.3) is 6.43 Å². The van der Waals surface area contributed by atoms with Crippen LogP contribution in [0.2, 0.25) is 0 Å². The number of hydrogen-bond donors (Lipinski definition) is 1. The van der Waals surface area contributed by atoms with Crippen LogP contribution in [-0.2, 0) is 9.84 Å². The number of aliphatic hydroxyl groups excluding tert-OH is 1. The molecule has 0 fully saturated rings. The lowest BCUT2D eigenvalue weighted by atomic mass is 10.00. The van der Waals surface area contributed by atoms with Crippen molar-refractivity contribution in [2.45, 2.75) is 29.6 Å². The third-order valence-corrected chi connectivity index (χ3v) is 6.40. The molecule has 1 aliphatic rings. The average Bonchev–Trinajstić information content (AvgIpc) is 2.74. The van der Waals surface area contributed by atoms with Crippen LogP contribution in [-0.4, -0.2) is 18.8 Å². The van der Waals surface area contributed by atoms with E-state index in [-0.39, 0.29) is 16.2 Å². The highest BCUT2D eigenvalue weighted by Crippen LogP contribution is 2.47. The summed E-state index contributed by atoms with van der Waals surface area (Å²) in [5, 5.41) is 17.7. The fourth-order valence-corrected chi connectivity index (χ4v) is 4.55. The number of benzene rings is 2. The van der Waals surface area contributed by atoms with E-state index in [4.69, 9.17) is 10.00 Å². The molecule has 0 amide bonds. The molecule has 0 saturated carbocycles. The smallest absolute Gasteiger partial charge is 0.267 e. The second-order valence-corrected chi connectivity index (χ2v) is 8.05. The van der Waals surface area contributed by atoms with E-state index in [0.717, 1.165) is 30.3 Å². The lowest BCUT2D eigenvalue weighted by molar-refractivity contribution is 0.133. The minimum atomic E-state index is -3.94. The van der Waals surface area contributed by atoms with Crippen molar-refractivity contribution in [3.05, 3.63) is 52.8 Å². The highest BCUT2D eigenvalue weighted by Gasteiger charge is 2.45. The largest absolute Gasteiger partial charge is 0.457 e. The molecule has 2 aromatic rings. The summed E-state index contributed by atoms with van der Waals surface area (Å²) in [6, 6.07) is 6.81. The van der Waals surface area contributed by atoms with Crippen LogP contribution in [0.3, 0.4) is 0 Å². The summed E-state index contributed by atoms with van der Waals surface area (Å²) < 4.78 is 70.6. The van der Waals surface area contributed by atoms with Crippen molar-refractivity contribution in [2.75, 3.05) is 0 Å². The molecule has 0 bridgehead atoms. The Morgan fingerprint density at radius 2 is 1.96 bits per heavy atom. The van der Waals surface area contributed by atoms with Gasteiger partial charge in [-0.2, -0.15) is 5.26 Å². The van der Waals surface area contributed by atoms with Crippen LogP contribution >= 0.6 is 0 Å². The van der Waals surface area contributed by atoms with Crippen LogP contribution in [0.15, 0.2) is 35.2 Å². The molecule has 0 radical (unpaired) electrons. The molecule has 2 atom stereocenters. The fraction of sp³-hybridized carbons (Fsp3) is 0.235. The zero-order valence-electron chi connectivity index (χ0n) is 13.3. The van der Waals surface area contributed by atoms with E-state index in [0.29, 0.717) is 0 Å². The number of rotatable bonds is 3. The zero-order chi connectivity index (χ0) is 19.2. The summed E-state index contributed by atoms with van der Waals surface area (Å²) in [5.74, 6) is -1.42. The van der Waals surface area contributed by atoms with Gasteiger partial charge in [0.2, 0.25) is 0 Å². The van der Waals surface area contributed by atoms with E-state index < -0.39 is 50.3 Å². The number of nitrogens with zero attached hydrogens (tertiary/aromatic N) is 1. The zero-order valence-corrected chi connectivity index (χ0v) is 14.1. The Hall–Kier alpha value is -2.57. The maximum absolute atomic E-state index is 13.7. The van der Waals surface area contributed by atoms with Crippen molar-refractivity contribution in [3.63, 3.8) is 0 Å². The van der Waals surface area contributed by atoms with Crippen LogP contribution in [0.4, 0.5) is 13.2 Å². The first kappa shape index (κ1) is 18.2. The molecule has 26 heavy (non-hydrogen) atoms. The van der Waals surface area contributed by atoms with Crippen molar-refractivity contribution >= 4 is 9.84 Å². The Kier molecular flexibility index (Phi) is 4.42. The predicted molar refractivity (Wildman–Crippen MR) is 84.2 cm³/mol. The number of sulfone groups is 1. The van der Waals surface area contributed by atoms with E-state index >= 15 is 0 Å². The van der Waals surface area contributed by atoms with Crippen LogP contribution < -0.4 is 4.74 Å². The number of aliphatic hydroxyl groups is 1. The SMILES string of the molecule is CC1C(O)c2c(ccc(Oc3cc(F)cc(C#N)c3)c2C(F)F)S1(=O)=O. The summed E-state index contributed by atoms with van der Waals surface area (Å²) in [5.41, 5.74) is -1.26. The number of ether oxygens (including phenoxy) is 1. The fourth-order valence-electron chi connectivity index (χ4n) is 2.88. The normalized spacial score (nSPS) is 20.7. The average molecular weight is 383 g/mol. The summed E-state index contributed by atoms with van der Waals surface area (Å²) in [7, 11) is -3.94. The highest BCUT2D eigenvalue weighted by molar-refractivity contribution is 7.92. The Morgan fingerprint density at radius 1 is 1.27 bits per heavy atom. The Balaban J connectivity index is 2.17. The first-order valence-electron chi connectivity index (χ1n) is 7.42. The molecule has 1 aliphatic heterocycles. The topological polar surface area (TPSA) is 87.4 Å². The van der Waals surface area contributed by atoms with Gasteiger partial charge in [0.05, 0.1) is 33.4 Å². The van der Waals surface area contributed by atoms with Gasteiger partial charge < -0.3 is 9.84 Å². The number of alkyl halides is 2. The Labute approximate surface area is 147 Å². The van der Waals surface area contributed by atoms with E-state index in [1.807, 2.05) is 0 Å². The molecular weight excluding hydrogens is 371 g/mol. The van der Waals surface area contributed by atoms with Crippen LogP contribution in [0.25, 0.3) is 0 Å². The molecule has 1 N–H and O–H groups in total. The quantitative estimate of drug-likeness (QED) is 0.874. The third-order valence-electron chi connectivity index (χ3n) is 4.19. The number of nitriles is 1. The van der Waals surface area contributed by atoms with Gasteiger partial charge in [0, 0.05) is 11.6 Å². The van der Waals surface area contributed by atoms with Crippen LogP contribution in [0, 0.1) is 17.1 Å². The minimum Gasteiger partial charge on any atom is -0.457 e. The van der Waals surface area contributed by atoms with Crippen LogP contribution in [0.1, 0.15) is 36.1 Å². The maximum atomic E-state index is 13.7. The maximum Gasteiger partial charge on any atom is 0.267 e. The Bertz CT molecular complexity index is 1030. The van der Waals surface area contributed by atoms with Crippen molar-refractivity contribution in [1.29, 1.82) is 5.26 Å². The molecule has 9 heteroatoms. The molecule has 5 nitrogen and oxygen atoms in total. The third kappa shape index (κ3) is 2.81. The predicted octanol–water partition coefficient (Wildman–Crippen LogP) is 3.64. The lowest BCUT2D eigenvalue weighted by Gasteiger charge is -2.16. The van der Waals surface area contributed by atoms with E-state index in [9.17, 15) is 26.7 Å². The molecule has 3 rings (SSSR count). The van der Waals surface area contributed by atoms with Gasteiger partial charge in [-0.05, 0) is 31.2 Å². The van der Waals surface area contributed by atoms with E-state index in [1.165, 1.54) is 6.92 Å². The van der Waals surface area contributed by atoms with Crippen LogP contribution in [0.5, 0.6) is 11.5 Å². The molecular formula is C17H12F3NO4S. The van der Waals surface area contributed by atoms with E-state index in [2.05, 4.69) is 0 Å². The summed E-state index contributed by atoms with van der Waals surface area (Å²) >= 11 is 0. The summed E-state index contributed by atoms with van der Waals surface area (Å²) in [4.78, 5) is -0.378. The molecule has 0 saturated heterocycles. The van der Waals surface area contributed by atoms with Crippen molar-refractivity contribution in [2.24, 2.45) is 0 Å². The summed E-state index contributed by atoms with van der Waals surface area (Å²) in [6.45, 7) is 1.22. The second-order valence-electron chi connectivity index (χ2n) is 5.77. The van der Waals surface area contributed by atoms with Gasteiger partial charge in [-0.25, -0.2) is 21.6 Å². The van der Waals surface area contributed by atoms with Gasteiger partial charge in [-0.15, -0.1) is 0 Å². The lowest BCUT2D eigenvalue weighted by Crippen LogP contribution is -2.16. The highest BCUT2D eigenvalue weighted by atomic mass is 32.2. The first-order valence-corrected chi connectivity index (χ1v) is 8.97. The molecule has 0 aromatic heterocycles.